The van der Waals surface area contributed by atoms with Gasteiger partial charge in [-0.25, -0.2) is 0 Å². The number of rotatable bonds is 4. The van der Waals surface area contributed by atoms with Crippen molar-refractivity contribution in [1.29, 1.82) is 0 Å². The van der Waals surface area contributed by atoms with E-state index in [-0.39, 0.29) is 4.83 Å². The topological polar surface area (TPSA) is 9.23 Å². The highest BCUT2D eigenvalue weighted by Crippen LogP contribution is 2.43. The molecule has 0 amide bonds. The second-order valence-corrected chi connectivity index (χ2v) is 6.76. The Morgan fingerprint density at radius 2 is 1.71 bits per heavy atom. The van der Waals surface area contributed by atoms with Gasteiger partial charge in [-0.1, -0.05) is 74.5 Å². The lowest BCUT2D eigenvalue weighted by Crippen LogP contribution is -1.98. The number of alkyl halides is 1. The third-order valence-corrected chi connectivity index (χ3v) is 5.32. The Morgan fingerprint density at radius 3 is 2.38 bits per heavy atom. The minimum Gasteiger partial charge on any atom is -0.492 e. The molecule has 0 spiro atoms. The monoisotopic (exact) mass is 426 g/mol. The van der Waals surface area contributed by atoms with Crippen molar-refractivity contribution >= 4 is 62.3 Å². The molecule has 0 bridgehead atoms. The fourth-order valence-corrected chi connectivity index (χ4v) is 3.82. The first-order chi connectivity index (χ1) is 9.95. The van der Waals surface area contributed by atoms with Crippen molar-refractivity contribution in [3.05, 3.63) is 61.5 Å². The van der Waals surface area contributed by atoms with E-state index in [1.54, 1.807) is 18.2 Å². The van der Waals surface area contributed by atoms with Gasteiger partial charge in [-0.05, 0) is 30.2 Å². The Hall–Kier alpha value is -0.120. The van der Waals surface area contributed by atoms with Gasteiger partial charge in [0.25, 0.3) is 0 Å². The lowest BCUT2D eigenvalue weighted by molar-refractivity contribution is 0.340. The van der Waals surface area contributed by atoms with Crippen LogP contribution in [0.5, 0.6) is 5.75 Å². The summed E-state index contributed by atoms with van der Waals surface area (Å²) in [6, 6.07) is 8.93. The minimum atomic E-state index is -0.218. The van der Waals surface area contributed by atoms with E-state index in [0.717, 1.165) is 11.1 Å². The summed E-state index contributed by atoms with van der Waals surface area (Å²) in [7, 11) is 0. The molecule has 2 aromatic rings. The van der Waals surface area contributed by atoms with Crippen molar-refractivity contribution in [3.8, 4) is 5.75 Å². The smallest absolute Gasteiger partial charge is 0.139 e. The first kappa shape index (κ1) is 17.2. The van der Waals surface area contributed by atoms with Crippen molar-refractivity contribution in [2.75, 3.05) is 6.61 Å². The Morgan fingerprint density at radius 1 is 1.00 bits per heavy atom. The second-order valence-electron chi connectivity index (χ2n) is 4.24. The van der Waals surface area contributed by atoms with Gasteiger partial charge in [0.05, 0.1) is 26.5 Å². The molecule has 2 aromatic carbocycles. The van der Waals surface area contributed by atoms with E-state index in [1.807, 2.05) is 19.1 Å². The normalized spacial score (nSPS) is 12.3. The van der Waals surface area contributed by atoms with Crippen LogP contribution in [0.1, 0.15) is 22.9 Å². The van der Waals surface area contributed by atoms with Crippen LogP contribution in [0.4, 0.5) is 0 Å². The molecule has 0 aliphatic carbocycles. The van der Waals surface area contributed by atoms with Gasteiger partial charge in [-0.3, -0.25) is 0 Å². The average Bonchev–Trinajstić information content (AvgIpc) is 2.45. The molecule has 0 radical (unpaired) electrons. The zero-order chi connectivity index (χ0) is 15.6. The number of halogens is 5. The molecule has 2 rings (SSSR count). The van der Waals surface area contributed by atoms with Crippen molar-refractivity contribution < 1.29 is 4.74 Å². The summed E-state index contributed by atoms with van der Waals surface area (Å²) in [5.74, 6) is 0.560. The first-order valence-corrected chi connectivity index (χ1v) is 8.58. The van der Waals surface area contributed by atoms with E-state index in [4.69, 9.17) is 51.1 Å². The van der Waals surface area contributed by atoms with Crippen LogP contribution in [0.2, 0.25) is 20.1 Å². The Balaban J connectivity index is 2.46. The molecular formula is C15H11BrCl4O. The Bertz CT molecular complexity index is 660. The molecular weight excluding hydrogens is 418 g/mol. The van der Waals surface area contributed by atoms with Crippen molar-refractivity contribution in [3.63, 3.8) is 0 Å². The molecule has 21 heavy (non-hydrogen) atoms. The standard InChI is InChI=1S/C15H11BrCl4O/c1-2-21-13-7-11(18)9(6-12(13)19)14(16)8-4-3-5-10(17)15(8)20/h3-7,14H,2H2,1H3. The molecule has 1 unspecified atom stereocenters. The molecule has 0 aliphatic heterocycles. The van der Waals surface area contributed by atoms with E-state index < -0.39 is 0 Å². The van der Waals surface area contributed by atoms with Crippen LogP contribution < -0.4 is 4.74 Å². The van der Waals surface area contributed by atoms with Crippen LogP contribution in [-0.4, -0.2) is 6.61 Å². The third-order valence-electron chi connectivity index (χ3n) is 2.88. The van der Waals surface area contributed by atoms with Gasteiger partial charge in [0.2, 0.25) is 0 Å². The van der Waals surface area contributed by atoms with E-state index in [1.165, 1.54) is 0 Å². The SMILES string of the molecule is CCOc1cc(Cl)c(C(Br)c2cccc(Cl)c2Cl)cc1Cl. The van der Waals surface area contributed by atoms with Gasteiger partial charge in [-0.2, -0.15) is 0 Å². The highest BCUT2D eigenvalue weighted by molar-refractivity contribution is 9.09. The molecule has 112 valence electrons. The van der Waals surface area contributed by atoms with Crippen molar-refractivity contribution in [1.82, 2.24) is 0 Å². The van der Waals surface area contributed by atoms with E-state index >= 15 is 0 Å². The lowest BCUT2D eigenvalue weighted by Gasteiger charge is -2.16. The molecule has 0 saturated heterocycles. The van der Waals surface area contributed by atoms with Crippen molar-refractivity contribution in [2.45, 2.75) is 11.8 Å². The predicted molar refractivity (Wildman–Crippen MR) is 94.9 cm³/mol. The minimum absolute atomic E-state index is 0.218. The quantitative estimate of drug-likeness (QED) is 0.468. The molecule has 0 saturated carbocycles. The predicted octanol–water partition coefficient (Wildman–Crippen LogP) is 7.18. The summed E-state index contributed by atoms with van der Waals surface area (Å²) >= 11 is 28.4. The van der Waals surface area contributed by atoms with Crippen LogP contribution in [0, 0.1) is 0 Å². The van der Waals surface area contributed by atoms with Crippen LogP contribution in [0.25, 0.3) is 0 Å². The molecule has 1 nitrogen and oxygen atoms in total. The summed E-state index contributed by atoms with van der Waals surface area (Å²) in [6.07, 6.45) is 0. The third kappa shape index (κ3) is 3.80. The number of benzene rings is 2. The number of ether oxygens (including phenoxy) is 1. The van der Waals surface area contributed by atoms with Crippen LogP contribution >= 0.6 is 62.3 Å². The molecule has 0 fully saturated rings. The molecule has 1 atom stereocenters. The summed E-state index contributed by atoms with van der Waals surface area (Å²) in [6.45, 7) is 2.41. The van der Waals surface area contributed by atoms with E-state index in [2.05, 4.69) is 15.9 Å². The summed E-state index contributed by atoms with van der Waals surface area (Å²) < 4.78 is 5.42. The number of hydrogen-bond donors (Lipinski definition) is 0. The lowest BCUT2D eigenvalue weighted by atomic mass is 10.0. The first-order valence-electron chi connectivity index (χ1n) is 6.15. The largest absolute Gasteiger partial charge is 0.492 e. The van der Waals surface area contributed by atoms with Gasteiger partial charge in [0.1, 0.15) is 5.75 Å². The van der Waals surface area contributed by atoms with Gasteiger partial charge < -0.3 is 4.74 Å². The fourth-order valence-electron chi connectivity index (χ4n) is 1.89. The van der Waals surface area contributed by atoms with Crippen LogP contribution in [-0.2, 0) is 0 Å². The molecule has 0 aliphatic rings. The average molecular weight is 429 g/mol. The highest BCUT2D eigenvalue weighted by atomic mass is 79.9. The van der Waals surface area contributed by atoms with Crippen LogP contribution in [0.3, 0.4) is 0 Å². The summed E-state index contributed by atoms with van der Waals surface area (Å²) in [4.78, 5) is -0.218. The Kier molecular flexibility index (Phi) is 6.10. The zero-order valence-electron chi connectivity index (χ0n) is 11.0. The van der Waals surface area contributed by atoms with E-state index in [9.17, 15) is 0 Å². The maximum absolute atomic E-state index is 6.33. The summed E-state index contributed by atoms with van der Waals surface area (Å²) in [5, 5.41) is 2.02. The number of hydrogen-bond acceptors (Lipinski definition) is 1. The molecule has 0 aromatic heterocycles. The van der Waals surface area contributed by atoms with E-state index in [0.29, 0.717) is 32.4 Å². The second kappa shape index (κ2) is 7.43. The van der Waals surface area contributed by atoms with Gasteiger partial charge in [-0.15, -0.1) is 0 Å². The van der Waals surface area contributed by atoms with Crippen LogP contribution in [0.15, 0.2) is 30.3 Å². The highest BCUT2D eigenvalue weighted by Gasteiger charge is 2.20. The van der Waals surface area contributed by atoms with Gasteiger partial charge in [0, 0.05) is 11.1 Å². The molecule has 0 N–H and O–H groups in total. The van der Waals surface area contributed by atoms with Gasteiger partial charge >= 0.3 is 0 Å². The maximum atomic E-state index is 6.33. The molecule has 0 heterocycles. The zero-order valence-corrected chi connectivity index (χ0v) is 15.6. The molecule has 6 heteroatoms. The Labute approximate surface area is 152 Å². The summed E-state index contributed by atoms with van der Waals surface area (Å²) in [5.41, 5.74) is 1.63. The maximum Gasteiger partial charge on any atom is 0.139 e. The van der Waals surface area contributed by atoms with Gasteiger partial charge in [0.15, 0.2) is 0 Å². The fraction of sp³-hybridized carbons (Fsp3) is 0.200. The van der Waals surface area contributed by atoms with Crippen molar-refractivity contribution in [2.24, 2.45) is 0 Å².